The van der Waals surface area contributed by atoms with Gasteiger partial charge in [0.2, 0.25) is 6.33 Å². The van der Waals surface area contributed by atoms with Crippen LogP contribution in [0.3, 0.4) is 0 Å². The van der Waals surface area contributed by atoms with Gasteiger partial charge >= 0.3 is 0 Å². The molecular formula is C4H2N7. The molecule has 0 aromatic carbocycles. The Labute approximate surface area is 61.1 Å². The van der Waals surface area contributed by atoms with Crippen LogP contribution in [-0.4, -0.2) is 35.2 Å². The Bertz CT molecular complexity index is 313. The fraction of sp³-hybridized carbons (Fsp3) is 0. The highest BCUT2D eigenvalue weighted by molar-refractivity contribution is 5.00. The number of rotatable bonds is 1. The maximum Gasteiger partial charge on any atom is 0.257 e. The molecule has 2 aromatic heterocycles. The molecule has 0 aliphatic heterocycles. The molecule has 7 heteroatoms. The van der Waals surface area contributed by atoms with Crippen molar-refractivity contribution in [1.82, 2.24) is 35.2 Å². The topological polar surface area (TPSA) is 82.3 Å². The van der Waals surface area contributed by atoms with E-state index in [0.29, 0.717) is 5.95 Å². The van der Waals surface area contributed by atoms with Crippen LogP contribution in [0, 0.1) is 6.33 Å². The molecule has 2 aromatic rings. The fourth-order valence-electron chi connectivity index (χ4n) is 0.570. The standard InChI is InChI=1S/C4H2N7/c1-5-2-7-4(6-1)11-3-8-9-10-11/h1-2H. The van der Waals surface area contributed by atoms with Crippen LogP contribution in [0.5, 0.6) is 0 Å². The van der Waals surface area contributed by atoms with E-state index in [1.165, 1.54) is 17.3 Å². The molecule has 0 aliphatic carbocycles. The summed E-state index contributed by atoms with van der Waals surface area (Å²) in [4.78, 5) is 11.2. The molecule has 0 N–H and O–H groups in total. The van der Waals surface area contributed by atoms with E-state index in [9.17, 15) is 0 Å². The first-order valence-corrected chi connectivity index (χ1v) is 2.75. The van der Waals surface area contributed by atoms with Crippen molar-refractivity contribution in [3.05, 3.63) is 19.0 Å². The summed E-state index contributed by atoms with van der Waals surface area (Å²) in [6.45, 7) is 0. The highest BCUT2D eigenvalue weighted by atomic mass is 15.5. The highest BCUT2D eigenvalue weighted by Gasteiger charge is 1.98. The molecule has 2 rings (SSSR count). The molecule has 0 aliphatic rings. The second kappa shape index (κ2) is 2.37. The molecule has 0 bridgehead atoms. The third kappa shape index (κ3) is 1.02. The summed E-state index contributed by atoms with van der Waals surface area (Å²) in [6, 6.07) is 0. The van der Waals surface area contributed by atoms with Crippen LogP contribution in [-0.2, 0) is 0 Å². The Morgan fingerprint density at radius 1 is 1.27 bits per heavy atom. The molecule has 0 saturated heterocycles. The van der Waals surface area contributed by atoms with Gasteiger partial charge in [0, 0.05) is 0 Å². The smallest absolute Gasteiger partial charge is 0.225 e. The molecule has 2 heterocycles. The van der Waals surface area contributed by atoms with Crippen molar-refractivity contribution in [2.24, 2.45) is 0 Å². The molecule has 1 radical (unpaired) electrons. The van der Waals surface area contributed by atoms with E-state index in [1.807, 2.05) is 0 Å². The van der Waals surface area contributed by atoms with Crippen LogP contribution < -0.4 is 0 Å². The van der Waals surface area contributed by atoms with E-state index in [1.54, 1.807) is 0 Å². The second-order valence-corrected chi connectivity index (χ2v) is 1.63. The summed E-state index contributed by atoms with van der Waals surface area (Å²) in [6.07, 6.45) is 5.16. The van der Waals surface area contributed by atoms with Crippen LogP contribution >= 0.6 is 0 Å². The minimum absolute atomic E-state index is 0.352. The van der Waals surface area contributed by atoms with Gasteiger partial charge in [-0.2, -0.15) is 14.6 Å². The summed E-state index contributed by atoms with van der Waals surface area (Å²) >= 11 is 0. The van der Waals surface area contributed by atoms with Crippen LogP contribution in [0.25, 0.3) is 5.95 Å². The number of tetrazole rings is 1. The van der Waals surface area contributed by atoms with Crippen LogP contribution in [0.1, 0.15) is 0 Å². The van der Waals surface area contributed by atoms with E-state index in [2.05, 4.69) is 36.8 Å². The maximum absolute atomic E-state index is 3.79. The monoisotopic (exact) mass is 148 g/mol. The van der Waals surface area contributed by atoms with Crippen LogP contribution in [0.15, 0.2) is 12.7 Å². The molecular weight excluding hydrogens is 146 g/mol. The third-order valence-corrected chi connectivity index (χ3v) is 0.983. The maximum atomic E-state index is 3.79. The lowest BCUT2D eigenvalue weighted by Gasteiger charge is -1.90. The normalized spacial score (nSPS) is 9.82. The summed E-state index contributed by atoms with van der Waals surface area (Å²) in [5.41, 5.74) is 0. The summed E-state index contributed by atoms with van der Waals surface area (Å²) in [5, 5.41) is 10.2. The molecule has 53 valence electrons. The molecule has 7 nitrogen and oxygen atoms in total. The largest absolute Gasteiger partial charge is 0.257 e. The Kier molecular flexibility index (Phi) is 1.26. The van der Waals surface area contributed by atoms with Crippen molar-refractivity contribution in [2.45, 2.75) is 0 Å². The number of aromatic nitrogens is 7. The number of hydrogen-bond donors (Lipinski definition) is 0. The Morgan fingerprint density at radius 2 is 2.09 bits per heavy atom. The molecule has 0 amide bonds. The van der Waals surface area contributed by atoms with Crippen molar-refractivity contribution in [3.63, 3.8) is 0 Å². The van der Waals surface area contributed by atoms with Gasteiger partial charge in [0.05, 0.1) is 0 Å². The average molecular weight is 148 g/mol. The number of hydrogen-bond acceptors (Lipinski definition) is 6. The quantitative estimate of drug-likeness (QED) is 0.497. The summed E-state index contributed by atoms with van der Waals surface area (Å²) < 4.78 is 1.22. The molecule has 0 fully saturated rings. The van der Waals surface area contributed by atoms with Crippen molar-refractivity contribution in [2.75, 3.05) is 0 Å². The summed E-state index contributed by atoms with van der Waals surface area (Å²) in [7, 11) is 0. The predicted octanol–water partition coefficient (Wildman–Crippen LogP) is -1.35. The first kappa shape index (κ1) is 5.83. The van der Waals surface area contributed by atoms with E-state index in [0.717, 1.165) is 0 Å². The SMILES string of the molecule is [c]1nnnn1-c1ncncn1. The highest BCUT2D eigenvalue weighted by Crippen LogP contribution is 1.88. The van der Waals surface area contributed by atoms with E-state index in [-0.39, 0.29) is 0 Å². The minimum atomic E-state index is 0.352. The zero-order chi connectivity index (χ0) is 7.52. The summed E-state index contributed by atoms with van der Waals surface area (Å²) in [5.74, 6) is 0.352. The molecule has 0 atom stereocenters. The minimum Gasteiger partial charge on any atom is -0.225 e. The van der Waals surface area contributed by atoms with Gasteiger partial charge in [-0.1, -0.05) is 0 Å². The van der Waals surface area contributed by atoms with Gasteiger partial charge in [0.15, 0.2) is 0 Å². The van der Waals surface area contributed by atoms with Crippen molar-refractivity contribution >= 4 is 0 Å². The van der Waals surface area contributed by atoms with Gasteiger partial charge in [-0.05, 0) is 10.4 Å². The molecule has 0 unspecified atom stereocenters. The van der Waals surface area contributed by atoms with Gasteiger partial charge in [-0.25, -0.2) is 4.98 Å². The average Bonchev–Trinajstić information content (AvgIpc) is 2.58. The van der Waals surface area contributed by atoms with Gasteiger partial charge in [0.1, 0.15) is 12.7 Å². The Balaban J connectivity index is 2.46. The van der Waals surface area contributed by atoms with E-state index in [4.69, 9.17) is 0 Å². The van der Waals surface area contributed by atoms with Crippen LogP contribution in [0.2, 0.25) is 0 Å². The lowest BCUT2D eigenvalue weighted by molar-refractivity contribution is 0.738. The molecule has 0 spiro atoms. The van der Waals surface area contributed by atoms with Crippen LogP contribution in [0.4, 0.5) is 0 Å². The van der Waals surface area contributed by atoms with Crippen molar-refractivity contribution < 1.29 is 0 Å². The van der Waals surface area contributed by atoms with Gasteiger partial charge in [-0.3, -0.25) is 0 Å². The first-order chi connectivity index (χ1) is 5.47. The van der Waals surface area contributed by atoms with E-state index < -0.39 is 0 Å². The zero-order valence-corrected chi connectivity index (χ0v) is 5.29. The van der Waals surface area contributed by atoms with Gasteiger partial charge < -0.3 is 0 Å². The second-order valence-electron chi connectivity index (χ2n) is 1.63. The predicted molar refractivity (Wildman–Crippen MR) is 31.4 cm³/mol. The van der Waals surface area contributed by atoms with Gasteiger partial charge in [0.25, 0.3) is 5.95 Å². The fourth-order valence-corrected chi connectivity index (χ4v) is 0.570. The Morgan fingerprint density at radius 3 is 2.73 bits per heavy atom. The zero-order valence-electron chi connectivity index (χ0n) is 5.29. The van der Waals surface area contributed by atoms with Crippen molar-refractivity contribution in [3.8, 4) is 5.95 Å². The van der Waals surface area contributed by atoms with Gasteiger partial charge in [-0.15, -0.1) is 5.10 Å². The van der Waals surface area contributed by atoms with Crippen molar-refractivity contribution in [1.29, 1.82) is 0 Å². The lowest BCUT2D eigenvalue weighted by Crippen LogP contribution is -2.01. The Hall–Kier alpha value is -1.92. The van der Waals surface area contributed by atoms with E-state index >= 15 is 0 Å². The molecule has 0 saturated carbocycles. The number of nitrogens with zero attached hydrogens (tertiary/aromatic N) is 7. The lowest BCUT2D eigenvalue weighted by atomic mass is 10.9. The third-order valence-electron chi connectivity index (χ3n) is 0.983. The first-order valence-electron chi connectivity index (χ1n) is 2.75. The molecule has 11 heavy (non-hydrogen) atoms.